The fourth-order valence-corrected chi connectivity index (χ4v) is 5.30. The minimum Gasteiger partial charge on any atom is -0.478 e. The number of amides is 2. The van der Waals surface area contributed by atoms with E-state index < -0.39 is 16.1 Å². The van der Waals surface area contributed by atoms with Gasteiger partial charge in [-0.25, -0.2) is 8.42 Å². The summed E-state index contributed by atoms with van der Waals surface area (Å²) in [4.78, 5) is 26.6. The fraction of sp³-hybridized carbons (Fsp3) is 0.364. The molecule has 0 spiro atoms. The molecule has 31 heavy (non-hydrogen) atoms. The molecule has 0 fully saturated rings. The van der Waals surface area contributed by atoms with Gasteiger partial charge in [-0.15, -0.1) is 0 Å². The van der Waals surface area contributed by atoms with Crippen molar-refractivity contribution in [3.05, 3.63) is 47.5 Å². The van der Waals surface area contributed by atoms with Gasteiger partial charge >= 0.3 is 0 Å². The second-order valence-corrected chi connectivity index (χ2v) is 9.82. The molecular formula is C22H25N3O5S. The molecule has 1 atom stereocenters. The third-order valence-corrected chi connectivity index (χ3v) is 7.65. The summed E-state index contributed by atoms with van der Waals surface area (Å²) in [5, 5.41) is 2.76. The molecule has 0 radical (unpaired) electrons. The smallest absolute Gasteiger partial charge is 0.265 e. The van der Waals surface area contributed by atoms with Crippen molar-refractivity contribution < 1.29 is 22.7 Å². The van der Waals surface area contributed by atoms with Crippen molar-refractivity contribution in [1.82, 2.24) is 4.31 Å². The van der Waals surface area contributed by atoms with Gasteiger partial charge in [0.2, 0.25) is 15.9 Å². The third-order valence-electron chi connectivity index (χ3n) is 5.70. The van der Waals surface area contributed by atoms with Crippen molar-refractivity contribution in [2.24, 2.45) is 0 Å². The average Bonchev–Trinajstić information content (AvgIpc) is 3.17. The van der Waals surface area contributed by atoms with Gasteiger partial charge in [0.05, 0.1) is 17.1 Å². The van der Waals surface area contributed by atoms with Crippen LogP contribution >= 0.6 is 0 Å². The van der Waals surface area contributed by atoms with Gasteiger partial charge in [-0.1, -0.05) is 25.1 Å². The monoisotopic (exact) mass is 443 g/mol. The molecule has 0 bridgehead atoms. The highest BCUT2D eigenvalue weighted by Gasteiger charge is 2.32. The van der Waals surface area contributed by atoms with Gasteiger partial charge < -0.3 is 15.0 Å². The summed E-state index contributed by atoms with van der Waals surface area (Å²) in [7, 11) is -2.56. The first kappa shape index (κ1) is 21.3. The number of ether oxygens (including phenoxy) is 1. The SMILES string of the molecule is CC[C@@H]1Oc2cc(S(=O)(=O)N(C)CC(=O)N3CCc4ccccc43)c(C)cc2NC1=O. The van der Waals surface area contributed by atoms with Crippen molar-refractivity contribution in [2.45, 2.75) is 37.7 Å². The van der Waals surface area contributed by atoms with E-state index in [0.29, 0.717) is 30.0 Å². The van der Waals surface area contributed by atoms with Crippen LogP contribution in [-0.2, 0) is 26.0 Å². The lowest BCUT2D eigenvalue weighted by Crippen LogP contribution is -2.41. The van der Waals surface area contributed by atoms with Crippen molar-refractivity contribution in [3.8, 4) is 5.75 Å². The zero-order valence-corrected chi connectivity index (χ0v) is 18.5. The number of fused-ring (bicyclic) bond motifs is 2. The molecule has 2 aromatic rings. The average molecular weight is 444 g/mol. The standard InChI is InChI=1S/C22H25N3O5S/c1-4-18-22(27)23-16-11-14(2)20(12-19(16)30-18)31(28,29)24(3)13-21(26)25-10-9-15-7-5-6-8-17(15)25/h5-8,11-12,18H,4,9-10,13H2,1-3H3,(H,23,27)/t18-/m0/s1. The Labute approximate surface area is 181 Å². The van der Waals surface area contributed by atoms with E-state index in [0.717, 1.165) is 22.0 Å². The quantitative estimate of drug-likeness (QED) is 0.765. The number of rotatable bonds is 5. The Morgan fingerprint density at radius 1 is 1.29 bits per heavy atom. The molecule has 4 rings (SSSR count). The van der Waals surface area contributed by atoms with Crippen molar-refractivity contribution in [1.29, 1.82) is 0 Å². The summed E-state index contributed by atoms with van der Waals surface area (Å²) in [5.74, 6) is -0.219. The molecule has 0 aliphatic carbocycles. The Morgan fingerprint density at radius 2 is 2.03 bits per heavy atom. The summed E-state index contributed by atoms with van der Waals surface area (Å²) < 4.78 is 33.3. The summed E-state index contributed by atoms with van der Waals surface area (Å²) in [5.41, 5.74) is 2.82. The van der Waals surface area contributed by atoms with E-state index in [9.17, 15) is 18.0 Å². The number of hydrogen-bond donors (Lipinski definition) is 1. The Morgan fingerprint density at radius 3 is 2.77 bits per heavy atom. The van der Waals surface area contributed by atoms with Gasteiger partial charge in [0.1, 0.15) is 5.75 Å². The molecule has 2 aliphatic heterocycles. The lowest BCUT2D eigenvalue weighted by atomic mass is 10.1. The van der Waals surface area contributed by atoms with Crippen LogP contribution in [-0.4, -0.2) is 50.8 Å². The lowest BCUT2D eigenvalue weighted by molar-refractivity contribution is -0.123. The Balaban J connectivity index is 1.57. The van der Waals surface area contributed by atoms with E-state index in [2.05, 4.69) is 5.32 Å². The Bertz CT molecular complexity index is 1160. The zero-order valence-electron chi connectivity index (χ0n) is 17.7. The first-order chi connectivity index (χ1) is 14.7. The molecular weight excluding hydrogens is 418 g/mol. The van der Waals surface area contributed by atoms with Crippen molar-refractivity contribution in [2.75, 3.05) is 30.4 Å². The molecule has 9 heteroatoms. The summed E-state index contributed by atoms with van der Waals surface area (Å²) >= 11 is 0. The summed E-state index contributed by atoms with van der Waals surface area (Å²) in [6.45, 7) is 3.73. The van der Waals surface area contributed by atoms with Gasteiger partial charge in [0, 0.05) is 25.3 Å². The maximum absolute atomic E-state index is 13.3. The number of aryl methyl sites for hydroxylation is 1. The van der Waals surface area contributed by atoms with Crippen LogP contribution in [0.25, 0.3) is 0 Å². The highest BCUT2D eigenvalue weighted by molar-refractivity contribution is 7.89. The number of nitrogens with one attached hydrogen (secondary N) is 1. The van der Waals surface area contributed by atoms with Crippen LogP contribution < -0.4 is 15.0 Å². The number of anilines is 2. The molecule has 2 heterocycles. The number of benzene rings is 2. The van der Waals surface area contributed by atoms with Crippen LogP contribution in [0.2, 0.25) is 0 Å². The molecule has 1 N–H and O–H groups in total. The molecule has 0 aromatic heterocycles. The molecule has 0 saturated heterocycles. The second-order valence-electron chi connectivity index (χ2n) is 7.80. The van der Waals surface area contributed by atoms with Gasteiger partial charge in [0.15, 0.2) is 6.10 Å². The van der Waals surface area contributed by atoms with E-state index >= 15 is 0 Å². The number of carbonyl (C=O) groups excluding carboxylic acids is 2. The summed E-state index contributed by atoms with van der Waals surface area (Å²) in [6.07, 6.45) is 0.553. The maximum Gasteiger partial charge on any atom is 0.265 e. The third kappa shape index (κ3) is 3.79. The van der Waals surface area contributed by atoms with E-state index in [4.69, 9.17) is 4.74 Å². The molecule has 2 aliphatic rings. The van der Waals surface area contributed by atoms with E-state index in [1.54, 1.807) is 17.9 Å². The van der Waals surface area contributed by atoms with Gasteiger partial charge in [-0.2, -0.15) is 4.31 Å². The van der Waals surface area contributed by atoms with Gasteiger partial charge in [-0.3, -0.25) is 9.59 Å². The first-order valence-electron chi connectivity index (χ1n) is 10.2. The summed E-state index contributed by atoms with van der Waals surface area (Å²) in [6, 6.07) is 10.6. The van der Waals surface area contributed by atoms with Crippen LogP contribution in [0.3, 0.4) is 0 Å². The van der Waals surface area contributed by atoms with E-state index in [-0.39, 0.29) is 23.3 Å². The molecule has 2 amide bonds. The van der Waals surface area contributed by atoms with Crippen LogP contribution in [0.1, 0.15) is 24.5 Å². The normalized spacial score (nSPS) is 17.7. The molecule has 8 nitrogen and oxygen atoms in total. The van der Waals surface area contributed by atoms with Crippen LogP contribution in [0.5, 0.6) is 5.75 Å². The van der Waals surface area contributed by atoms with E-state index in [1.807, 2.05) is 31.2 Å². The highest BCUT2D eigenvalue weighted by atomic mass is 32.2. The predicted molar refractivity (Wildman–Crippen MR) is 117 cm³/mol. The number of carbonyl (C=O) groups is 2. The number of likely N-dealkylation sites (N-methyl/N-ethyl adjacent to an activating group) is 1. The van der Waals surface area contributed by atoms with Gasteiger partial charge in [-0.05, 0) is 43.0 Å². The lowest BCUT2D eigenvalue weighted by Gasteiger charge is -2.27. The molecule has 2 aromatic carbocycles. The Hall–Kier alpha value is -2.91. The van der Waals surface area contributed by atoms with Crippen molar-refractivity contribution >= 4 is 33.2 Å². The molecule has 0 saturated carbocycles. The maximum atomic E-state index is 13.3. The topological polar surface area (TPSA) is 96.0 Å². The van der Waals surface area contributed by atoms with Crippen LogP contribution in [0.15, 0.2) is 41.3 Å². The number of hydrogen-bond acceptors (Lipinski definition) is 5. The second kappa shape index (κ2) is 7.97. The largest absolute Gasteiger partial charge is 0.478 e. The van der Waals surface area contributed by atoms with Crippen LogP contribution in [0.4, 0.5) is 11.4 Å². The highest BCUT2D eigenvalue weighted by Crippen LogP contribution is 2.36. The minimum absolute atomic E-state index is 0.0503. The first-order valence-corrected chi connectivity index (χ1v) is 11.6. The number of nitrogens with zero attached hydrogens (tertiary/aromatic N) is 2. The van der Waals surface area contributed by atoms with E-state index in [1.165, 1.54) is 13.1 Å². The van der Waals surface area contributed by atoms with Crippen molar-refractivity contribution in [3.63, 3.8) is 0 Å². The predicted octanol–water partition coefficient (Wildman–Crippen LogP) is 2.31. The Kier molecular flexibility index (Phi) is 5.49. The van der Waals surface area contributed by atoms with Crippen LogP contribution in [0, 0.1) is 6.92 Å². The fourth-order valence-electron chi connectivity index (χ4n) is 3.96. The minimum atomic E-state index is -3.95. The van der Waals surface area contributed by atoms with Gasteiger partial charge in [0.25, 0.3) is 5.91 Å². The number of para-hydroxylation sites is 1. The molecule has 0 unspecified atom stereocenters. The molecule has 164 valence electrons. The number of sulfonamides is 1. The zero-order chi connectivity index (χ0) is 22.3.